The number of aliphatic imine (C=N–C) groups is 1. The summed E-state index contributed by atoms with van der Waals surface area (Å²) in [5.74, 6) is -0.0702. The van der Waals surface area contributed by atoms with Crippen LogP contribution in [-0.4, -0.2) is 36.7 Å². The zero-order valence-corrected chi connectivity index (χ0v) is 15.0. The molecular weight excluding hydrogens is 349 g/mol. The van der Waals surface area contributed by atoms with E-state index in [2.05, 4.69) is 4.99 Å². The van der Waals surface area contributed by atoms with Gasteiger partial charge < -0.3 is 25.9 Å². The quantitative estimate of drug-likeness (QED) is 0.741. The molecule has 0 saturated heterocycles. The topological polar surface area (TPSA) is 130 Å². The van der Waals surface area contributed by atoms with Gasteiger partial charge in [0.25, 0.3) is 0 Å². The fraction of sp³-hybridized carbons (Fsp3) is 0.353. The maximum absolute atomic E-state index is 11.9. The molecule has 1 radical (unpaired) electrons. The molecule has 2 aromatic rings. The molecule has 1 N–H and O–H groups in total. The Morgan fingerprint density at radius 3 is 2.25 bits per heavy atom. The summed E-state index contributed by atoms with van der Waals surface area (Å²) in [5.41, 5.74) is -0.127. The van der Waals surface area contributed by atoms with Crippen LogP contribution in [0.2, 0.25) is 0 Å². The number of fused-ring (bicyclic) bond motifs is 1. The van der Waals surface area contributed by atoms with Crippen LogP contribution in [0.4, 0.5) is 0 Å². The van der Waals surface area contributed by atoms with Crippen LogP contribution in [0.3, 0.4) is 0 Å². The molecule has 2 rings (SSSR count). The molecule has 0 bridgehead atoms. The molecule has 0 saturated carbocycles. The van der Waals surface area contributed by atoms with E-state index in [1.54, 1.807) is 19.9 Å². The predicted molar refractivity (Wildman–Crippen MR) is 82.6 cm³/mol. The van der Waals surface area contributed by atoms with Gasteiger partial charge in [-0.25, -0.2) is 0 Å². The second-order valence-electron chi connectivity index (χ2n) is 5.34. The first kappa shape index (κ1) is 24.8. The van der Waals surface area contributed by atoms with Gasteiger partial charge in [-0.05, 0) is 30.2 Å². The van der Waals surface area contributed by atoms with Gasteiger partial charge in [0.1, 0.15) is 0 Å². The molecule has 0 amide bonds. The van der Waals surface area contributed by atoms with E-state index >= 15 is 0 Å². The Labute approximate surface area is 153 Å². The van der Waals surface area contributed by atoms with Gasteiger partial charge in [-0.3, -0.25) is 4.99 Å². The van der Waals surface area contributed by atoms with Gasteiger partial charge >= 0.3 is 0 Å². The molecule has 0 atom stereocenters. The van der Waals surface area contributed by atoms with E-state index in [1.165, 1.54) is 12.3 Å². The van der Waals surface area contributed by atoms with Crippen molar-refractivity contribution in [1.82, 2.24) is 0 Å². The fourth-order valence-electron chi connectivity index (χ4n) is 1.69. The van der Waals surface area contributed by atoms with E-state index in [0.717, 1.165) is 10.8 Å². The number of hydrogen-bond acceptors (Lipinski definition) is 5. The Bertz CT molecular complexity index is 629. The largest absolute Gasteiger partial charge is 2.00 e. The van der Waals surface area contributed by atoms with E-state index in [1.807, 2.05) is 24.3 Å². The Balaban J connectivity index is 0. The smallest absolute Gasteiger partial charge is 0.0400 e. The predicted octanol–water partition coefficient (Wildman–Crippen LogP) is -0.311. The van der Waals surface area contributed by atoms with E-state index in [4.69, 9.17) is 10.2 Å². The summed E-state index contributed by atoms with van der Waals surface area (Å²) in [6, 6.07) is 11.0. The van der Waals surface area contributed by atoms with Gasteiger partial charge in [0.2, 0.25) is 0 Å². The van der Waals surface area contributed by atoms with E-state index in [-0.39, 0.29) is 49.6 Å². The third kappa shape index (κ3) is 7.44. The SMILES string of the molecule is CC(C)(C[O-])N=Cc1c([O-])ccc2ccccc12.[O-2].[O-]CCO.[V]. The number of aliphatic hydroxyl groups is 1. The molecule has 0 heterocycles. The van der Waals surface area contributed by atoms with Crippen molar-refractivity contribution in [2.45, 2.75) is 19.4 Å². The standard InChI is InChI=1S/C15H16NO2.C2H5O2.O.V/c1-15(2,10-17)16-9-13-12-6-4-3-5-11(12)7-8-14(13)18;3-1-2-4;;/h3-9,18H,10H2,1-2H3;3H,1-2H2;;/q2*-1;-2;/p-1. The second-order valence-corrected chi connectivity index (χ2v) is 5.34. The van der Waals surface area contributed by atoms with Crippen molar-refractivity contribution >= 4 is 17.0 Å². The molecule has 0 spiro atoms. The Kier molecular flexibility index (Phi) is 12.5. The normalized spacial score (nSPS) is 10.5. The third-order valence-corrected chi connectivity index (χ3v) is 2.92. The maximum atomic E-state index is 11.9. The Morgan fingerprint density at radius 1 is 1.12 bits per heavy atom. The average Bonchev–Trinajstić information content (AvgIpc) is 2.54. The molecule has 24 heavy (non-hydrogen) atoms. The minimum absolute atomic E-state index is 0. The molecule has 0 aliphatic heterocycles. The molecule has 0 aliphatic carbocycles. The van der Waals surface area contributed by atoms with Crippen molar-refractivity contribution in [3.63, 3.8) is 0 Å². The molecule has 133 valence electrons. The average molecular weight is 369 g/mol. The maximum Gasteiger partial charge on any atom is 0.0400 e. The van der Waals surface area contributed by atoms with Crippen LogP contribution in [0.1, 0.15) is 19.4 Å². The second kappa shape index (κ2) is 12.0. The monoisotopic (exact) mass is 369 g/mol. The molecule has 7 heteroatoms. The zero-order chi connectivity index (χ0) is 16.6. The van der Waals surface area contributed by atoms with Crippen LogP contribution in [-0.2, 0) is 24.0 Å². The molecule has 2 aromatic carbocycles. The first-order chi connectivity index (χ1) is 10.4. The Hall–Kier alpha value is -1.41. The van der Waals surface area contributed by atoms with Gasteiger partial charge in [-0.2, -0.15) is 0 Å². The van der Waals surface area contributed by atoms with Crippen LogP contribution in [0.25, 0.3) is 10.8 Å². The van der Waals surface area contributed by atoms with Crippen LogP contribution in [0.5, 0.6) is 5.75 Å². The third-order valence-electron chi connectivity index (χ3n) is 2.92. The molecule has 6 nitrogen and oxygen atoms in total. The van der Waals surface area contributed by atoms with Crippen molar-refractivity contribution in [3.8, 4) is 5.75 Å². The summed E-state index contributed by atoms with van der Waals surface area (Å²) < 4.78 is 0. The van der Waals surface area contributed by atoms with E-state index in [9.17, 15) is 10.2 Å². The number of benzene rings is 2. The van der Waals surface area contributed by atoms with Crippen molar-refractivity contribution < 1.29 is 44.5 Å². The summed E-state index contributed by atoms with van der Waals surface area (Å²) in [5, 5.41) is 41.3. The molecular formula is C17H20NO5V-5. The first-order valence-corrected chi connectivity index (χ1v) is 6.96. The summed E-state index contributed by atoms with van der Waals surface area (Å²) in [7, 11) is 0. The van der Waals surface area contributed by atoms with Crippen molar-refractivity contribution in [2.24, 2.45) is 4.99 Å². The number of hydrogen-bond donors (Lipinski definition) is 1. The Morgan fingerprint density at radius 2 is 1.71 bits per heavy atom. The minimum Gasteiger partial charge on any atom is -2.00 e. The summed E-state index contributed by atoms with van der Waals surface area (Å²) in [4.78, 5) is 4.22. The number of rotatable bonds is 4. The minimum atomic E-state index is -0.677. The van der Waals surface area contributed by atoms with Crippen LogP contribution >= 0.6 is 0 Å². The van der Waals surface area contributed by atoms with Crippen molar-refractivity contribution in [1.29, 1.82) is 0 Å². The number of aliphatic hydroxyl groups excluding tert-OH is 1. The number of nitrogens with zero attached hydrogens (tertiary/aromatic N) is 1. The van der Waals surface area contributed by atoms with Crippen LogP contribution < -0.4 is 15.3 Å². The molecule has 0 aromatic heterocycles. The summed E-state index contributed by atoms with van der Waals surface area (Å²) >= 11 is 0. The van der Waals surface area contributed by atoms with Crippen LogP contribution in [0.15, 0.2) is 41.4 Å². The van der Waals surface area contributed by atoms with Crippen molar-refractivity contribution in [2.75, 3.05) is 19.8 Å². The van der Waals surface area contributed by atoms with Gasteiger partial charge in [0, 0.05) is 36.9 Å². The molecule has 0 fully saturated rings. The zero-order valence-electron chi connectivity index (χ0n) is 13.6. The summed E-state index contributed by atoms with van der Waals surface area (Å²) in [6.07, 6.45) is 1.53. The molecule has 0 aliphatic rings. The van der Waals surface area contributed by atoms with Crippen LogP contribution in [0, 0.1) is 0 Å². The van der Waals surface area contributed by atoms with Gasteiger partial charge in [0.15, 0.2) is 0 Å². The van der Waals surface area contributed by atoms with Gasteiger partial charge in [-0.1, -0.05) is 42.1 Å². The van der Waals surface area contributed by atoms with E-state index in [0.29, 0.717) is 5.56 Å². The van der Waals surface area contributed by atoms with Gasteiger partial charge in [0.05, 0.1) is 0 Å². The van der Waals surface area contributed by atoms with Crippen molar-refractivity contribution in [3.05, 3.63) is 42.0 Å². The molecule has 0 unspecified atom stereocenters. The fourth-order valence-corrected chi connectivity index (χ4v) is 1.69. The summed E-state index contributed by atoms with van der Waals surface area (Å²) in [6.45, 7) is 2.60. The van der Waals surface area contributed by atoms with E-state index < -0.39 is 5.54 Å². The first-order valence-electron chi connectivity index (χ1n) is 6.96. The van der Waals surface area contributed by atoms with Gasteiger partial charge in [-0.15, -0.1) is 13.2 Å².